The number of hydrogen-bond donors (Lipinski definition) is 1. The molecule has 1 N–H and O–H groups in total. The molecule has 0 saturated heterocycles. The Morgan fingerprint density at radius 1 is 1.13 bits per heavy atom. The summed E-state index contributed by atoms with van der Waals surface area (Å²) in [6.07, 6.45) is 4.18. The highest BCUT2D eigenvalue weighted by molar-refractivity contribution is 7.89. The second-order valence-corrected chi connectivity index (χ2v) is 7.90. The Balaban J connectivity index is 1.78. The van der Waals surface area contributed by atoms with Crippen LogP contribution in [0.2, 0.25) is 5.02 Å². The molecule has 0 radical (unpaired) electrons. The summed E-state index contributed by atoms with van der Waals surface area (Å²) >= 11 is 5.82. The fourth-order valence-corrected chi connectivity index (χ4v) is 4.30. The van der Waals surface area contributed by atoms with Crippen LogP contribution in [0, 0.1) is 0 Å². The highest BCUT2D eigenvalue weighted by atomic mass is 35.5. The summed E-state index contributed by atoms with van der Waals surface area (Å²) in [6.45, 7) is 3.78. The summed E-state index contributed by atoms with van der Waals surface area (Å²) < 4.78 is 27.8. The van der Waals surface area contributed by atoms with Crippen LogP contribution < -0.4 is 4.72 Å². The number of halogens is 1. The van der Waals surface area contributed by atoms with Crippen molar-refractivity contribution in [1.29, 1.82) is 0 Å². The molecule has 1 aliphatic rings. The van der Waals surface area contributed by atoms with E-state index in [1.807, 2.05) is 12.1 Å². The second-order valence-electron chi connectivity index (χ2n) is 5.75. The van der Waals surface area contributed by atoms with E-state index in [-0.39, 0.29) is 10.9 Å². The SMILES string of the molecule is C=Cc1ccc2c(c1)CC(NS(=O)(=O)c1ccc(Cl)cc1)CC2. The molecule has 0 amide bonds. The van der Waals surface area contributed by atoms with Crippen molar-refractivity contribution in [3.05, 3.63) is 70.8 Å². The molecule has 3 nitrogen and oxygen atoms in total. The highest BCUT2D eigenvalue weighted by Crippen LogP contribution is 2.24. The molecule has 0 heterocycles. The van der Waals surface area contributed by atoms with Crippen molar-refractivity contribution < 1.29 is 8.42 Å². The van der Waals surface area contributed by atoms with Crippen molar-refractivity contribution in [2.75, 3.05) is 0 Å². The molecule has 0 bridgehead atoms. The number of benzene rings is 2. The minimum atomic E-state index is -3.52. The first-order chi connectivity index (χ1) is 11.0. The Bertz CT molecular complexity index is 829. The fraction of sp³-hybridized carbons (Fsp3) is 0.222. The molecule has 0 spiro atoms. The van der Waals surface area contributed by atoms with E-state index in [1.54, 1.807) is 12.1 Å². The van der Waals surface area contributed by atoms with Crippen LogP contribution in [0.25, 0.3) is 6.08 Å². The molecule has 2 aromatic rings. The van der Waals surface area contributed by atoms with Crippen LogP contribution >= 0.6 is 11.6 Å². The van der Waals surface area contributed by atoms with Gasteiger partial charge >= 0.3 is 0 Å². The molecule has 120 valence electrons. The van der Waals surface area contributed by atoms with Gasteiger partial charge in [-0.05, 0) is 60.2 Å². The third-order valence-corrected chi connectivity index (χ3v) is 5.93. The molecule has 0 aliphatic heterocycles. The van der Waals surface area contributed by atoms with Crippen molar-refractivity contribution in [3.63, 3.8) is 0 Å². The first-order valence-electron chi connectivity index (χ1n) is 7.50. The second kappa shape index (κ2) is 6.48. The Morgan fingerprint density at radius 3 is 2.57 bits per heavy atom. The summed E-state index contributed by atoms with van der Waals surface area (Å²) in [5.74, 6) is 0. The molecule has 1 unspecified atom stereocenters. The van der Waals surface area contributed by atoms with Crippen LogP contribution in [0.4, 0.5) is 0 Å². The molecule has 2 aromatic carbocycles. The highest BCUT2D eigenvalue weighted by Gasteiger charge is 2.24. The molecule has 23 heavy (non-hydrogen) atoms. The predicted molar refractivity (Wildman–Crippen MR) is 94.1 cm³/mol. The van der Waals surface area contributed by atoms with E-state index >= 15 is 0 Å². The minimum Gasteiger partial charge on any atom is -0.208 e. The predicted octanol–water partition coefficient (Wildman–Crippen LogP) is 3.82. The Hall–Kier alpha value is -1.62. The van der Waals surface area contributed by atoms with Gasteiger partial charge in [-0.15, -0.1) is 0 Å². The average Bonchev–Trinajstić information content (AvgIpc) is 2.54. The molecule has 1 aliphatic carbocycles. The van der Waals surface area contributed by atoms with Crippen LogP contribution in [0.5, 0.6) is 0 Å². The zero-order valence-electron chi connectivity index (χ0n) is 12.6. The lowest BCUT2D eigenvalue weighted by atomic mass is 9.88. The normalized spacial score (nSPS) is 17.5. The average molecular weight is 348 g/mol. The number of sulfonamides is 1. The molecule has 0 aromatic heterocycles. The van der Waals surface area contributed by atoms with E-state index in [0.717, 1.165) is 18.4 Å². The zero-order chi connectivity index (χ0) is 16.4. The summed E-state index contributed by atoms with van der Waals surface area (Å²) in [5, 5.41) is 0.521. The molecular formula is C18H18ClNO2S. The molecule has 0 fully saturated rings. The van der Waals surface area contributed by atoms with E-state index in [4.69, 9.17) is 11.6 Å². The number of aryl methyl sites for hydroxylation is 1. The van der Waals surface area contributed by atoms with E-state index in [9.17, 15) is 8.42 Å². The Labute approximate surface area is 142 Å². The van der Waals surface area contributed by atoms with E-state index in [1.165, 1.54) is 23.3 Å². The summed E-state index contributed by atoms with van der Waals surface area (Å²) in [5.41, 5.74) is 3.54. The van der Waals surface area contributed by atoms with Gasteiger partial charge in [0.15, 0.2) is 0 Å². The Kier molecular flexibility index (Phi) is 4.57. The first kappa shape index (κ1) is 16.2. The molecule has 3 rings (SSSR count). The lowest BCUT2D eigenvalue weighted by Crippen LogP contribution is -2.38. The van der Waals surface area contributed by atoms with Gasteiger partial charge in [0.25, 0.3) is 0 Å². The maximum atomic E-state index is 12.5. The van der Waals surface area contributed by atoms with Crippen LogP contribution in [0.3, 0.4) is 0 Å². The van der Waals surface area contributed by atoms with Crippen molar-refractivity contribution in [2.24, 2.45) is 0 Å². The van der Waals surface area contributed by atoms with Gasteiger partial charge in [0.1, 0.15) is 0 Å². The van der Waals surface area contributed by atoms with Crippen LogP contribution in [0.15, 0.2) is 53.9 Å². The topological polar surface area (TPSA) is 46.2 Å². The fourth-order valence-electron chi connectivity index (χ4n) is 2.91. The first-order valence-corrected chi connectivity index (χ1v) is 9.36. The van der Waals surface area contributed by atoms with Crippen LogP contribution in [0.1, 0.15) is 23.1 Å². The number of fused-ring (bicyclic) bond motifs is 1. The monoisotopic (exact) mass is 347 g/mol. The molecular weight excluding hydrogens is 330 g/mol. The van der Waals surface area contributed by atoms with Gasteiger partial charge in [-0.3, -0.25) is 0 Å². The summed E-state index contributed by atoms with van der Waals surface area (Å²) in [6, 6.07) is 12.4. The van der Waals surface area contributed by atoms with Gasteiger partial charge < -0.3 is 0 Å². The maximum Gasteiger partial charge on any atom is 0.240 e. The van der Waals surface area contributed by atoms with Gasteiger partial charge in [-0.25, -0.2) is 13.1 Å². The molecule has 5 heteroatoms. The molecule has 1 atom stereocenters. The number of rotatable bonds is 4. The largest absolute Gasteiger partial charge is 0.240 e. The van der Waals surface area contributed by atoms with Crippen LogP contribution in [-0.2, 0) is 22.9 Å². The Morgan fingerprint density at radius 2 is 1.87 bits per heavy atom. The number of hydrogen-bond acceptors (Lipinski definition) is 2. The van der Waals surface area contributed by atoms with Crippen molar-refractivity contribution in [3.8, 4) is 0 Å². The van der Waals surface area contributed by atoms with E-state index in [2.05, 4.69) is 23.4 Å². The van der Waals surface area contributed by atoms with Gasteiger partial charge in [-0.1, -0.05) is 42.5 Å². The van der Waals surface area contributed by atoms with Crippen molar-refractivity contribution in [1.82, 2.24) is 4.72 Å². The third-order valence-electron chi connectivity index (χ3n) is 4.14. The maximum absolute atomic E-state index is 12.5. The zero-order valence-corrected chi connectivity index (χ0v) is 14.2. The van der Waals surface area contributed by atoms with E-state index in [0.29, 0.717) is 11.4 Å². The quantitative estimate of drug-likeness (QED) is 0.913. The van der Waals surface area contributed by atoms with Gasteiger partial charge in [-0.2, -0.15) is 0 Å². The smallest absolute Gasteiger partial charge is 0.208 e. The van der Waals surface area contributed by atoms with Crippen molar-refractivity contribution >= 4 is 27.7 Å². The lowest BCUT2D eigenvalue weighted by Gasteiger charge is -2.25. The van der Waals surface area contributed by atoms with Gasteiger partial charge in [0.2, 0.25) is 10.0 Å². The number of nitrogens with one attached hydrogen (secondary N) is 1. The summed E-state index contributed by atoms with van der Waals surface area (Å²) in [7, 11) is -3.52. The standard InChI is InChI=1S/C18H18ClNO2S/c1-2-13-3-4-14-5-8-17(12-15(14)11-13)20-23(21,22)18-9-6-16(19)7-10-18/h2-4,6-7,9-11,17,20H,1,5,8,12H2. The minimum absolute atomic E-state index is 0.0942. The summed E-state index contributed by atoms with van der Waals surface area (Å²) in [4.78, 5) is 0.243. The third kappa shape index (κ3) is 3.66. The molecule has 0 saturated carbocycles. The van der Waals surface area contributed by atoms with Crippen molar-refractivity contribution in [2.45, 2.75) is 30.2 Å². The lowest BCUT2D eigenvalue weighted by molar-refractivity contribution is 0.507. The van der Waals surface area contributed by atoms with Crippen LogP contribution in [-0.4, -0.2) is 14.5 Å². The van der Waals surface area contributed by atoms with E-state index < -0.39 is 10.0 Å². The van der Waals surface area contributed by atoms with Gasteiger partial charge in [0.05, 0.1) is 4.90 Å². The van der Waals surface area contributed by atoms with Gasteiger partial charge in [0, 0.05) is 11.1 Å².